The molecular weight excluding hydrogens is 330 g/mol. The molecule has 6 nitrogen and oxygen atoms in total. The number of hydrogen-bond donors (Lipinski definition) is 1. The van der Waals surface area contributed by atoms with E-state index in [1.54, 1.807) is 18.2 Å². The molecule has 1 atom stereocenters. The lowest BCUT2D eigenvalue weighted by atomic mass is 9.96. The van der Waals surface area contributed by atoms with Crippen molar-refractivity contribution in [1.82, 2.24) is 9.66 Å². The summed E-state index contributed by atoms with van der Waals surface area (Å²) in [4.78, 5) is 30.1. The number of nitrogens with zero attached hydrogens (tertiary/aromatic N) is 2. The molecule has 0 aliphatic carbocycles. The molecule has 1 heterocycles. The standard InChI is InChI=1S/C20H21N3O2.H2O/c1-3-15(14-10-6-5-7-11-14)19(24)22-23-18(4-2)21-17-13-9-8-12-16(17)20(23)25;/h5-13,15H,3-4H2,1-2H3,(H,22,24);1H2/t15-;/m1./s1. The fraction of sp³-hybridized carbons (Fsp3) is 0.250. The van der Waals surface area contributed by atoms with Crippen LogP contribution < -0.4 is 11.0 Å². The van der Waals surface area contributed by atoms with E-state index in [1.807, 2.05) is 50.2 Å². The zero-order valence-corrected chi connectivity index (χ0v) is 14.9. The Balaban J connectivity index is 0.00000243. The highest BCUT2D eigenvalue weighted by molar-refractivity contribution is 5.90. The number of benzene rings is 2. The second kappa shape index (κ2) is 8.40. The van der Waals surface area contributed by atoms with E-state index in [-0.39, 0.29) is 22.9 Å². The highest BCUT2D eigenvalue weighted by atomic mass is 16.2. The summed E-state index contributed by atoms with van der Waals surface area (Å²) in [5.41, 5.74) is 4.10. The number of carbonyl (C=O) groups is 1. The summed E-state index contributed by atoms with van der Waals surface area (Å²) in [6, 6.07) is 16.8. The molecule has 0 aliphatic rings. The van der Waals surface area contributed by atoms with Crippen molar-refractivity contribution < 1.29 is 10.3 Å². The maximum absolute atomic E-state index is 12.8. The van der Waals surface area contributed by atoms with Gasteiger partial charge in [0.1, 0.15) is 5.82 Å². The first-order valence-electron chi connectivity index (χ1n) is 8.52. The molecule has 1 aromatic heterocycles. The van der Waals surface area contributed by atoms with Gasteiger partial charge in [-0.25, -0.2) is 9.66 Å². The minimum absolute atomic E-state index is 0. The smallest absolute Gasteiger partial charge is 0.280 e. The highest BCUT2D eigenvalue weighted by Crippen LogP contribution is 2.19. The second-order valence-electron chi connectivity index (χ2n) is 5.89. The van der Waals surface area contributed by atoms with Crippen LogP contribution in [0.5, 0.6) is 0 Å². The fourth-order valence-corrected chi connectivity index (χ4v) is 2.98. The van der Waals surface area contributed by atoms with Crippen LogP contribution in [-0.2, 0) is 11.2 Å². The molecule has 3 N–H and O–H groups in total. The summed E-state index contributed by atoms with van der Waals surface area (Å²) in [6.45, 7) is 3.87. The maximum Gasteiger partial charge on any atom is 0.280 e. The Morgan fingerprint density at radius 1 is 1.08 bits per heavy atom. The number of carbonyl (C=O) groups excluding carboxylic acids is 1. The lowest BCUT2D eigenvalue weighted by Gasteiger charge is -2.18. The number of hydrogen-bond acceptors (Lipinski definition) is 3. The zero-order chi connectivity index (χ0) is 17.8. The molecule has 1 amide bonds. The van der Waals surface area contributed by atoms with Crippen molar-refractivity contribution in [1.29, 1.82) is 0 Å². The van der Waals surface area contributed by atoms with Gasteiger partial charge in [0.15, 0.2) is 0 Å². The van der Waals surface area contributed by atoms with Gasteiger partial charge in [-0.2, -0.15) is 0 Å². The summed E-state index contributed by atoms with van der Waals surface area (Å²) in [6.07, 6.45) is 1.19. The van der Waals surface area contributed by atoms with E-state index in [4.69, 9.17) is 0 Å². The average molecular weight is 353 g/mol. The molecular formula is C20H23N3O3. The Labute approximate surface area is 151 Å². The predicted molar refractivity (Wildman–Crippen MR) is 103 cm³/mol. The van der Waals surface area contributed by atoms with Crippen LogP contribution in [-0.4, -0.2) is 21.0 Å². The van der Waals surface area contributed by atoms with Crippen molar-refractivity contribution in [3.8, 4) is 0 Å². The van der Waals surface area contributed by atoms with Crippen molar-refractivity contribution in [3.05, 3.63) is 76.3 Å². The largest absolute Gasteiger partial charge is 0.412 e. The SMILES string of the molecule is CCc1nc2ccccc2c(=O)n1NC(=O)[C@H](CC)c1ccccc1.O. The Kier molecular flexibility index (Phi) is 6.25. The summed E-state index contributed by atoms with van der Waals surface area (Å²) in [7, 11) is 0. The summed E-state index contributed by atoms with van der Waals surface area (Å²) >= 11 is 0. The molecule has 0 bridgehead atoms. The minimum Gasteiger partial charge on any atom is -0.412 e. The van der Waals surface area contributed by atoms with Crippen molar-refractivity contribution in [3.63, 3.8) is 0 Å². The van der Waals surface area contributed by atoms with Crippen molar-refractivity contribution >= 4 is 16.8 Å². The third-order valence-corrected chi connectivity index (χ3v) is 4.31. The number of para-hydroxylation sites is 1. The van der Waals surface area contributed by atoms with Gasteiger partial charge in [0.05, 0.1) is 16.8 Å². The molecule has 0 unspecified atom stereocenters. The first kappa shape index (κ1) is 19.3. The predicted octanol–water partition coefficient (Wildman–Crippen LogP) is 2.40. The van der Waals surface area contributed by atoms with Gasteiger partial charge in [-0.1, -0.05) is 56.3 Å². The summed E-state index contributed by atoms with van der Waals surface area (Å²) in [5, 5.41) is 0.493. The van der Waals surface area contributed by atoms with Gasteiger partial charge in [-0.3, -0.25) is 15.0 Å². The lowest BCUT2D eigenvalue weighted by Crippen LogP contribution is -2.38. The molecule has 3 aromatic rings. The average Bonchev–Trinajstić information content (AvgIpc) is 2.65. The Hall–Kier alpha value is -2.99. The summed E-state index contributed by atoms with van der Waals surface area (Å²) < 4.78 is 1.29. The number of aryl methyl sites for hydroxylation is 1. The van der Waals surface area contributed by atoms with E-state index in [0.717, 1.165) is 5.56 Å². The van der Waals surface area contributed by atoms with Crippen molar-refractivity contribution in [2.75, 3.05) is 5.43 Å². The van der Waals surface area contributed by atoms with Crippen LogP contribution in [0, 0.1) is 0 Å². The quantitative estimate of drug-likeness (QED) is 0.763. The molecule has 3 rings (SSSR count). The Bertz CT molecular complexity index is 951. The van der Waals surface area contributed by atoms with Crippen LogP contribution in [0.2, 0.25) is 0 Å². The van der Waals surface area contributed by atoms with Crippen LogP contribution in [0.15, 0.2) is 59.4 Å². The number of aromatic nitrogens is 2. The van der Waals surface area contributed by atoms with Gasteiger partial charge in [-0.15, -0.1) is 0 Å². The fourth-order valence-electron chi connectivity index (χ4n) is 2.98. The topological polar surface area (TPSA) is 95.5 Å². The number of rotatable bonds is 5. The Morgan fingerprint density at radius 2 is 1.73 bits per heavy atom. The van der Waals surface area contributed by atoms with Gasteiger partial charge in [0, 0.05) is 6.42 Å². The monoisotopic (exact) mass is 353 g/mol. The van der Waals surface area contributed by atoms with E-state index < -0.39 is 0 Å². The second-order valence-corrected chi connectivity index (χ2v) is 5.89. The Morgan fingerprint density at radius 3 is 2.38 bits per heavy atom. The highest BCUT2D eigenvalue weighted by Gasteiger charge is 2.20. The first-order chi connectivity index (χ1) is 12.2. The number of fused-ring (bicyclic) bond motifs is 1. The van der Waals surface area contributed by atoms with E-state index >= 15 is 0 Å². The van der Waals surface area contributed by atoms with Crippen LogP contribution in [0.1, 0.15) is 37.6 Å². The van der Waals surface area contributed by atoms with Gasteiger partial charge in [0.25, 0.3) is 5.56 Å². The van der Waals surface area contributed by atoms with Crippen LogP contribution >= 0.6 is 0 Å². The molecule has 0 spiro atoms. The normalized spacial score (nSPS) is 11.6. The minimum atomic E-state index is -0.315. The molecule has 26 heavy (non-hydrogen) atoms. The van der Waals surface area contributed by atoms with Gasteiger partial charge >= 0.3 is 0 Å². The molecule has 0 saturated heterocycles. The van der Waals surface area contributed by atoms with Crippen LogP contribution in [0.3, 0.4) is 0 Å². The first-order valence-corrected chi connectivity index (χ1v) is 8.52. The number of nitrogens with one attached hydrogen (secondary N) is 1. The number of amides is 1. The van der Waals surface area contributed by atoms with Crippen LogP contribution in [0.25, 0.3) is 10.9 Å². The van der Waals surface area contributed by atoms with E-state index in [9.17, 15) is 9.59 Å². The van der Waals surface area contributed by atoms with Gasteiger partial charge in [-0.05, 0) is 24.1 Å². The van der Waals surface area contributed by atoms with Crippen molar-refractivity contribution in [2.24, 2.45) is 0 Å². The lowest BCUT2D eigenvalue weighted by molar-refractivity contribution is -0.118. The van der Waals surface area contributed by atoms with Crippen LogP contribution in [0.4, 0.5) is 0 Å². The third kappa shape index (κ3) is 3.65. The molecule has 0 aliphatic heterocycles. The summed E-state index contributed by atoms with van der Waals surface area (Å²) in [5.74, 6) is 0.0202. The molecule has 136 valence electrons. The van der Waals surface area contributed by atoms with E-state index in [0.29, 0.717) is 29.6 Å². The van der Waals surface area contributed by atoms with Gasteiger partial charge in [0.2, 0.25) is 5.91 Å². The van der Waals surface area contributed by atoms with E-state index in [2.05, 4.69) is 10.4 Å². The zero-order valence-electron chi connectivity index (χ0n) is 14.9. The maximum atomic E-state index is 12.8. The molecule has 0 saturated carbocycles. The molecule has 6 heteroatoms. The molecule has 0 radical (unpaired) electrons. The van der Waals surface area contributed by atoms with Gasteiger partial charge < -0.3 is 5.48 Å². The van der Waals surface area contributed by atoms with E-state index in [1.165, 1.54) is 4.68 Å². The third-order valence-electron chi connectivity index (χ3n) is 4.31. The van der Waals surface area contributed by atoms with Crippen molar-refractivity contribution in [2.45, 2.75) is 32.6 Å². The molecule has 0 fully saturated rings. The molecule has 2 aromatic carbocycles.